The van der Waals surface area contributed by atoms with Crippen LogP contribution in [0.1, 0.15) is 79.6 Å². The topological polar surface area (TPSA) is 40.9 Å². The van der Waals surface area contributed by atoms with E-state index in [0.29, 0.717) is 17.3 Å². The van der Waals surface area contributed by atoms with E-state index in [-0.39, 0.29) is 22.5 Å². The third kappa shape index (κ3) is 2.44. The van der Waals surface area contributed by atoms with Gasteiger partial charge in [0.1, 0.15) is 0 Å². The fourth-order valence-electron chi connectivity index (χ4n) is 8.11. The third-order valence-electron chi connectivity index (χ3n) is 10.3. The predicted octanol–water partition coefficient (Wildman–Crippen LogP) is 6.86. The molecule has 6 atom stereocenters. The standard InChI is InChI=1S/C28H35NO/c1-17-18(2)24(30)15-22-20(17)6-7-25-27(22,4)11-9-21-23-14-19(16-29)8-10-26(23,3)12-13-28(21,25)5/h6-7,15,19,21,23H,8-14H2,1-5H3. The van der Waals surface area contributed by atoms with Crippen molar-refractivity contribution in [2.24, 2.45) is 34.0 Å². The Labute approximate surface area is 181 Å². The highest BCUT2D eigenvalue weighted by atomic mass is 16.1. The lowest BCUT2D eigenvalue weighted by molar-refractivity contribution is -0.111. The zero-order chi connectivity index (χ0) is 21.5. The van der Waals surface area contributed by atoms with Crippen molar-refractivity contribution in [1.82, 2.24) is 0 Å². The zero-order valence-electron chi connectivity index (χ0n) is 19.3. The van der Waals surface area contributed by atoms with Crippen molar-refractivity contribution in [1.29, 1.82) is 5.26 Å². The minimum atomic E-state index is -0.0377. The maximum absolute atomic E-state index is 12.7. The summed E-state index contributed by atoms with van der Waals surface area (Å²) in [6.07, 6.45) is 14.9. The number of allylic oxidation sites excluding steroid dienone is 8. The van der Waals surface area contributed by atoms with Crippen molar-refractivity contribution in [3.05, 3.63) is 46.1 Å². The highest BCUT2D eigenvalue weighted by molar-refractivity contribution is 6.08. The van der Waals surface area contributed by atoms with Gasteiger partial charge in [-0.3, -0.25) is 4.79 Å². The van der Waals surface area contributed by atoms with Gasteiger partial charge in [0.25, 0.3) is 0 Å². The number of rotatable bonds is 0. The molecule has 5 aliphatic rings. The quantitative estimate of drug-likeness (QED) is 0.445. The smallest absolute Gasteiger partial charge is 0.182 e. The Bertz CT molecular complexity index is 1000. The molecule has 158 valence electrons. The summed E-state index contributed by atoms with van der Waals surface area (Å²) in [5.74, 6) is 1.73. The molecule has 2 nitrogen and oxygen atoms in total. The van der Waals surface area contributed by atoms with Gasteiger partial charge in [-0.2, -0.15) is 5.26 Å². The lowest BCUT2D eigenvalue weighted by Crippen LogP contribution is -2.55. The van der Waals surface area contributed by atoms with Gasteiger partial charge in [-0.1, -0.05) is 38.5 Å². The molecule has 0 amide bonds. The molecule has 5 rings (SSSR count). The van der Waals surface area contributed by atoms with Crippen molar-refractivity contribution < 1.29 is 4.79 Å². The summed E-state index contributed by atoms with van der Waals surface area (Å²) in [6.45, 7) is 11.5. The Morgan fingerprint density at radius 3 is 2.47 bits per heavy atom. The molecule has 0 saturated heterocycles. The third-order valence-corrected chi connectivity index (χ3v) is 10.3. The van der Waals surface area contributed by atoms with Crippen LogP contribution in [-0.2, 0) is 4.79 Å². The number of nitriles is 1. The van der Waals surface area contributed by atoms with Crippen LogP contribution in [0.4, 0.5) is 0 Å². The average Bonchev–Trinajstić information content (AvgIpc) is 2.72. The summed E-state index contributed by atoms with van der Waals surface area (Å²) >= 11 is 0. The van der Waals surface area contributed by atoms with Crippen LogP contribution in [0.3, 0.4) is 0 Å². The minimum absolute atomic E-state index is 0.0377. The number of hydrogen-bond donors (Lipinski definition) is 0. The maximum atomic E-state index is 12.7. The van der Waals surface area contributed by atoms with Gasteiger partial charge in [0, 0.05) is 11.3 Å². The van der Waals surface area contributed by atoms with Gasteiger partial charge < -0.3 is 0 Å². The van der Waals surface area contributed by atoms with Crippen LogP contribution in [0.2, 0.25) is 0 Å². The molecule has 0 bridgehead atoms. The molecular weight excluding hydrogens is 366 g/mol. The number of carbonyl (C=O) groups excluding carboxylic acids is 1. The van der Waals surface area contributed by atoms with Crippen LogP contribution in [0.15, 0.2) is 46.1 Å². The maximum Gasteiger partial charge on any atom is 0.182 e. The predicted molar refractivity (Wildman–Crippen MR) is 120 cm³/mol. The molecule has 0 aromatic heterocycles. The summed E-state index contributed by atoms with van der Waals surface area (Å²) in [7, 11) is 0. The first kappa shape index (κ1) is 20.0. The van der Waals surface area contributed by atoms with Crippen LogP contribution in [0, 0.1) is 45.3 Å². The summed E-state index contributed by atoms with van der Waals surface area (Å²) < 4.78 is 0. The molecule has 5 aliphatic carbocycles. The van der Waals surface area contributed by atoms with Crippen molar-refractivity contribution in [3.63, 3.8) is 0 Å². The van der Waals surface area contributed by atoms with E-state index in [0.717, 1.165) is 30.4 Å². The Kier molecular flexibility index (Phi) is 4.22. The lowest BCUT2D eigenvalue weighted by atomic mass is 9.40. The normalized spacial score (nSPS) is 45.1. The summed E-state index contributed by atoms with van der Waals surface area (Å²) in [5.41, 5.74) is 6.68. The molecule has 0 N–H and O–H groups in total. The van der Waals surface area contributed by atoms with E-state index < -0.39 is 0 Å². The van der Waals surface area contributed by atoms with E-state index in [1.165, 1.54) is 36.8 Å². The van der Waals surface area contributed by atoms with E-state index in [1.807, 2.05) is 13.0 Å². The van der Waals surface area contributed by atoms with Crippen molar-refractivity contribution in [2.75, 3.05) is 0 Å². The van der Waals surface area contributed by atoms with Crippen molar-refractivity contribution in [3.8, 4) is 6.07 Å². The van der Waals surface area contributed by atoms with Crippen LogP contribution in [-0.4, -0.2) is 5.78 Å². The summed E-state index contributed by atoms with van der Waals surface area (Å²) in [5, 5.41) is 9.64. The van der Waals surface area contributed by atoms with Gasteiger partial charge in [-0.05, 0) is 110 Å². The van der Waals surface area contributed by atoms with Gasteiger partial charge in [0.15, 0.2) is 5.78 Å². The average molecular weight is 402 g/mol. The van der Waals surface area contributed by atoms with Crippen LogP contribution in [0.25, 0.3) is 0 Å². The van der Waals surface area contributed by atoms with Crippen molar-refractivity contribution in [2.45, 2.75) is 79.6 Å². The van der Waals surface area contributed by atoms with Crippen LogP contribution >= 0.6 is 0 Å². The molecule has 30 heavy (non-hydrogen) atoms. The molecule has 0 aromatic carbocycles. The van der Waals surface area contributed by atoms with Gasteiger partial charge in [0.2, 0.25) is 0 Å². The second-order valence-corrected chi connectivity index (χ2v) is 11.6. The fraction of sp³-hybridized carbons (Fsp3) is 0.643. The summed E-state index contributed by atoms with van der Waals surface area (Å²) in [4.78, 5) is 12.7. The van der Waals surface area contributed by atoms with Gasteiger partial charge in [0.05, 0.1) is 6.07 Å². The molecule has 3 saturated carbocycles. The molecule has 0 radical (unpaired) electrons. The van der Waals surface area contributed by atoms with E-state index in [1.54, 1.807) is 5.57 Å². The number of carbonyl (C=O) groups is 1. The SMILES string of the molecule is CC1=C(C)C2=CC=C3C(C)(CCC4C5CC(C#N)CCC5(C)CCC34C)C2=CC1=O. The van der Waals surface area contributed by atoms with Gasteiger partial charge >= 0.3 is 0 Å². The molecule has 0 spiro atoms. The molecular formula is C28H35NO. The first-order chi connectivity index (χ1) is 14.1. The van der Waals surface area contributed by atoms with Crippen molar-refractivity contribution >= 4 is 5.78 Å². The summed E-state index contributed by atoms with van der Waals surface area (Å²) in [6, 6.07) is 2.60. The molecule has 0 heterocycles. The first-order valence-corrected chi connectivity index (χ1v) is 11.9. The molecule has 3 fully saturated rings. The number of ketones is 1. The largest absolute Gasteiger partial charge is 0.290 e. The van der Waals surface area contributed by atoms with Crippen LogP contribution < -0.4 is 0 Å². The molecule has 2 heteroatoms. The minimum Gasteiger partial charge on any atom is -0.290 e. The Morgan fingerprint density at radius 1 is 0.967 bits per heavy atom. The number of fused-ring (bicyclic) bond motifs is 7. The van der Waals surface area contributed by atoms with E-state index >= 15 is 0 Å². The number of nitrogens with zero attached hydrogens (tertiary/aromatic N) is 1. The molecule has 0 aliphatic heterocycles. The molecule has 6 unspecified atom stereocenters. The Hall–Kier alpha value is -1.88. The molecule has 0 aromatic rings. The highest BCUT2D eigenvalue weighted by Crippen LogP contribution is 2.69. The van der Waals surface area contributed by atoms with E-state index in [2.05, 4.69) is 45.9 Å². The van der Waals surface area contributed by atoms with Gasteiger partial charge in [-0.25, -0.2) is 0 Å². The van der Waals surface area contributed by atoms with Gasteiger partial charge in [-0.15, -0.1) is 0 Å². The second kappa shape index (κ2) is 6.32. The van der Waals surface area contributed by atoms with E-state index in [4.69, 9.17) is 0 Å². The fourth-order valence-corrected chi connectivity index (χ4v) is 8.11. The lowest BCUT2D eigenvalue weighted by Gasteiger charge is -2.64. The highest BCUT2D eigenvalue weighted by Gasteiger charge is 2.60. The first-order valence-electron chi connectivity index (χ1n) is 11.9. The second-order valence-electron chi connectivity index (χ2n) is 11.6. The Morgan fingerprint density at radius 2 is 1.73 bits per heavy atom. The zero-order valence-corrected chi connectivity index (χ0v) is 19.3. The van der Waals surface area contributed by atoms with Crippen LogP contribution in [0.5, 0.6) is 0 Å². The van der Waals surface area contributed by atoms with E-state index in [9.17, 15) is 10.1 Å². The monoisotopic (exact) mass is 401 g/mol. The Balaban J connectivity index is 1.60. The number of hydrogen-bond acceptors (Lipinski definition) is 2.